The number of hydrogen-bond acceptors (Lipinski definition) is 8. The molecular weight excluding hydrogens is 385 g/mol. The second-order valence-corrected chi connectivity index (χ2v) is 7.66. The van der Waals surface area contributed by atoms with Gasteiger partial charge in [0.05, 0.1) is 0 Å². The van der Waals surface area contributed by atoms with Crippen LogP contribution in [0.2, 0.25) is 0 Å². The predicted molar refractivity (Wildman–Crippen MR) is 78.4 cm³/mol. The molecule has 8 nitrogen and oxygen atoms in total. The molecule has 11 heteroatoms. The minimum atomic E-state index is -4.07. The number of anilines is 1. The summed E-state index contributed by atoms with van der Waals surface area (Å²) >= 11 is -0.260. The van der Waals surface area contributed by atoms with E-state index in [1.807, 2.05) is 0 Å². The molecule has 0 aromatic heterocycles. The van der Waals surface area contributed by atoms with Gasteiger partial charge in [0.2, 0.25) is 0 Å². The quantitative estimate of drug-likeness (QED) is 0.141. The van der Waals surface area contributed by atoms with Crippen LogP contribution in [0.3, 0.4) is 0 Å². The van der Waals surface area contributed by atoms with E-state index in [1.54, 1.807) is 29.2 Å². The Balaban J connectivity index is 2.71. The van der Waals surface area contributed by atoms with Gasteiger partial charge in [0.1, 0.15) is 0 Å². The SMILES string of the molecule is O=[As]c1ccc(N(CCSOOO)CCS(=O)(=O)O)cc1. The Bertz CT molecular complexity index is 537. The van der Waals surface area contributed by atoms with Crippen LogP contribution in [0.5, 0.6) is 0 Å². The normalized spacial score (nSPS) is 11.7. The summed E-state index contributed by atoms with van der Waals surface area (Å²) in [7, 11) is -4.07. The summed E-state index contributed by atoms with van der Waals surface area (Å²) < 4.78 is 46.3. The number of rotatable bonds is 10. The first-order valence-electron chi connectivity index (χ1n) is 5.69. The monoisotopic (exact) mass is 399 g/mol. The molecule has 0 aliphatic rings. The zero-order valence-corrected chi connectivity index (χ0v) is 14.3. The predicted octanol–water partition coefficient (Wildman–Crippen LogP) is 0.125. The van der Waals surface area contributed by atoms with Gasteiger partial charge in [-0.15, -0.1) is 0 Å². The summed E-state index contributed by atoms with van der Waals surface area (Å²) in [5.74, 6) is -0.0223. The molecule has 0 aliphatic carbocycles. The first kappa shape index (κ1) is 18.6. The Hall–Kier alpha value is -0.482. The fourth-order valence-electron chi connectivity index (χ4n) is 1.52. The Morgan fingerprint density at radius 1 is 1.24 bits per heavy atom. The maximum atomic E-state index is 10.9. The van der Waals surface area contributed by atoms with E-state index >= 15 is 0 Å². The summed E-state index contributed by atoms with van der Waals surface area (Å²) in [5, 5.41) is 11.5. The van der Waals surface area contributed by atoms with Crippen LogP contribution >= 0.6 is 12.0 Å². The summed E-state index contributed by atoms with van der Waals surface area (Å²) in [4.78, 5) is 1.71. The average molecular weight is 399 g/mol. The van der Waals surface area contributed by atoms with Crippen LogP contribution in [0.15, 0.2) is 24.3 Å². The fraction of sp³-hybridized carbons (Fsp3) is 0.400. The van der Waals surface area contributed by atoms with Crippen molar-refractivity contribution in [3.8, 4) is 0 Å². The molecule has 0 fully saturated rings. The molecule has 0 atom stereocenters. The van der Waals surface area contributed by atoms with Gasteiger partial charge >= 0.3 is 133 Å². The Morgan fingerprint density at radius 3 is 2.43 bits per heavy atom. The van der Waals surface area contributed by atoms with Crippen molar-refractivity contribution in [3.05, 3.63) is 24.3 Å². The third-order valence-electron chi connectivity index (χ3n) is 2.46. The third kappa shape index (κ3) is 7.91. The number of hydrogen-bond donors (Lipinski definition) is 2. The molecule has 1 aromatic carbocycles. The van der Waals surface area contributed by atoms with E-state index in [0.29, 0.717) is 12.3 Å². The first-order chi connectivity index (χ1) is 9.96. The first-order valence-corrected chi connectivity index (χ1v) is 9.92. The van der Waals surface area contributed by atoms with Crippen molar-refractivity contribution in [1.82, 2.24) is 0 Å². The molecule has 0 heterocycles. The molecular formula is C10H14AsNO7S2. The topological polar surface area (TPSA) is 113 Å². The van der Waals surface area contributed by atoms with E-state index in [0.717, 1.165) is 22.1 Å². The van der Waals surface area contributed by atoms with Crippen molar-refractivity contribution in [2.45, 2.75) is 0 Å². The van der Waals surface area contributed by atoms with Crippen molar-refractivity contribution in [2.75, 3.05) is 29.5 Å². The van der Waals surface area contributed by atoms with Gasteiger partial charge in [-0.3, -0.25) is 0 Å². The average Bonchev–Trinajstić information content (AvgIpc) is 2.46. The van der Waals surface area contributed by atoms with Crippen molar-refractivity contribution in [2.24, 2.45) is 0 Å². The fourth-order valence-corrected chi connectivity index (χ4v) is 2.95. The molecule has 0 unspecified atom stereocenters. The second-order valence-electron chi connectivity index (χ2n) is 3.85. The van der Waals surface area contributed by atoms with E-state index in [2.05, 4.69) is 9.37 Å². The van der Waals surface area contributed by atoms with E-state index in [1.165, 1.54) is 0 Å². The van der Waals surface area contributed by atoms with Crippen LogP contribution < -0.4 is 9.25 Å². The molecule has 2 N–H and O–H groups in total. The zero-order valence-electron chi connectivity index (χ0n) is 10.8. The van der Waals surface area contributed by atoms with E-state index < -0.39 is 31.6 Å². The molecule has 118 valence electrons. The summed E-state index contributed by atoms with van der Waals surface area (Å²) in [6.07, 6.45) is 0. The molecule has 0 spiro atoms. The number of benzene rings is 1. The van der Waals surface area contributed by atoms with Crippen LogP contribution in [-0.2, 0) is 23.2 Å². The molecule has 21 heavy (non-hydrogen) atoms. The second kappa shape index (κ2) is 9.52. The minimum absolute atomic E-state index is 0.0871. The molecule has 0 amide bonds. The van der Waals surface area contributed by atoms with Crippen LogP contribution in [0.1, 0.15) is 0 Å². The molecule has 0 saturated heterocycles. The Morgan fingerprint density at radius 2 is 1.90 bits per heavy atom. The van der Waals surface area contributed by atoms with E-state index in [9.17, 15) is 12.2 Å². The van der Waals surface area contributed by atoms with E-state index in [4.69, 9.17) is 9.81 Å². The van der Waals surface area contributed by atoms with Gasteiger partial charge in [0.25, 0.3) is 0 Å². The molecule has 0 bridgehead atoms. The van der Waals surface area contributed by atoms with Crippen molar-refractivity contribution in [1.29, 1.82) is 0 Å². The van der Waals surface area contributed by atoms with Crippen molar-refractivity contribution < 1.29 is 31.3 Å². The molecule has 1 rings (SSSR count). The zero-order chi connectivity index (χ0) is 15.7. The van der Waals surface area contributed by atoms with Gasteiger partial charge in [0, 0.05) is 0 Å². The van der Waals surface area contributed by atoms with Crippen LogP contribution in [0, 0.1) is 0 Å². The maximum absolute atomic E-state index is 10.9. The standard InChI is InChI=1S/C10H14AsNO7S2/c13-11-9-1-3-10(4-2-9)12(5-7-20-19-18-14)6-8-21(15,16)17/h1-4,14H,5-8H2,(H,15,16,17). The van der Waals surface area contributed by atoms with Crippen LogP contribution in [0.25, 0.3) is 0 Å². The van der Waals surface area contributed by atoms with Gasteiger partial charge in [-0.1, -0.05) is 0 Å². The van der Waals surface area contributed by atoms with Crippen molar-refractivity contribution >= 4 is 47.9 Å². The van der Waals surface area contributed by atoms with Crippen LogP contribution in [0.4, 0.5) is 5.69 Å². The Labute approximate surface area is 133 Å². The van der Waals surface area contributed by atoms with Crippen LogP contribution in [-0.4, -0.2) is 58.5 Å². The molecule has 0 saturated carbocycles. The summed E-state index contributed by atoms with van der Waals surface area (Å²) in [5.41, 5.74) is 0.725. The summed E-state index contributed by atoms with van der Waals surface area (Å²) in [6, 6.07) is 6.84. The third-order valence-corrected chi connectivity index (χ3v) is 4.74. The molecule has 0 aliphatic heterocycles. The van der Waals surface area contributed by atoms with Gasteiger partial charge in [0.15, 0.2) is 0 Å². The van der Waals surface area contributed by atoms with Gasteiger partial charge in [-0.2, -0.15) is 0 Å². The van der Waals surface area contributed by atoms with Crippen molar-refractivity contribution in [3.63, 3.8) is 0 Å². The van der Waals surface area contributed by atoms with Gasteiger partial charge < -0.3 is 0 Å². The number of nitrogens with zero attached hydrogens (tertiary/aromatic N) is 1. The Kier molecular flexibility index (Phi) is 8.42. The molecule has 1 aromatic rings. The van der Waals surface area contributed by atoms with Gasteiger partial charge in [-0.25, -0.2) is 0 Å². The van der Waals surface area contributed by atoms with E-state index in [-0.39, 0.29) is 6.54 Å². The van der Waals surface area contributed by atoms with Gasteiger partial charge in [-0.05, 0) is 0 Å². The molecule has 0 radical (unpaired) electrons. The summed E-state index contributed by atoms with van der Waals surface area (Å²) in [6.45, 7) is 0.484.